The molecule has 2 aliphatic heterocycles. The van der Waals surface area contributed by atoms with Crippen LogP contribution in [0.4, 0.5) is 0 Å². The number of aromatic nitrogens is 2. The predicted molar refractivity (Wildman–Crippen MR) is 95.5 cm³/mol. The van der Waals surface area contributed by atoms with Crippen LogP contribution < -0.4 is 5.56 Å². The van der Waals surface area contributed by atoms with Gasteiger partial charge in [-0.1, -0.05) is 6.07 Å². The van der Waals surface area contributed by atoms with Crippen LogP contribution in [0.15, 0.2) is 34.4 Å². The highest BCUT2D eigenvalue weighted by molar-refractivity contribution is 7.13. The maximum Gasteiger partial charge on any atom is 0.266 e. The van der Waals surface area contributed by atoms with E-state index in [1.807, 2.05) is 22.4 Å². The maximum atomic E-state index is 12.7. The Morgan fingerprint density at radius 1 is 1.28 bits per heavy atom. The number of amides is 1. The molecule has 0 aliphatic carbocycles. The van der Waals surface area contributed by atoms with Crippen LogP contribution in [0.25, 0.3) is 10.6 Å². The Labute approximate surface area is 150 Å². The molecule has 0 N–H and O–H groups in total. The van der Waals surface area contributed by atoms with Crippen molar-refractivity contribution >= 4 is 17.2 Å². The topological polar surface area (TPSA) is 64.4 Å². The average Bonchev–Trinajstić information content (AvgIpc) is 3.38. The summed E-state index contributed by atoms with van der Waals surface area (Å²) >= 11 is 1.60. The molecule has 2 aliphatic rings. The second-order valence-corrected chi connectivity index (χ2v) is 7.49. The van der Waals surface area contributed by atoms with E-state index < -0.39 is 0 Å². The first-order chi connectivity index (χ1) is 12.2. The first kappa shape index (κ1) is 16.5. The molecule has 0 spiro atoms. The number of hydrogen-bond acceptors (Lipinski definition) is 5. The van der Waals surface area contributed by atoms with Gasteiger partial charge in [0.25, 0.3) is 11.5 Å². The van der Waals surface area contributed by atoms with Gasteiger partial charge in [0.2, 0.25) is 0 Å². The molecule has 1 amide bonds. The molecule has 0 radical (unpaired) electrons. The lowest BCUT2D eigenvalue weighted by molar-refractivity contribution is -0.142. The minimum absolute atomic E-state index is 0.0143. The quantitative estimate of drug-likeness (QED) is 0.839. The fourth-order valence-electron chi connectivity index (χ4n) is 3.61. The van der Waals surface area contributed by atoms with Gasteiger partial charge < -0.3 is 9.64 Å². The van der Waals surface area contributed by atoms with E-state index in [2.05, 4.69) is 5.10 Å². The SMILES string of the molecule is O=C(C1CCCO1)N1CCC[C@H]1Cn1nc(-c2cccs2)ccc1=O. The Balaban J connectivity index is 1.53. The van der Waals surface area contributed by atoms with Gasteiger partial charge in [0, 0.05) is 19.2 Å². The lowest BCUT2D eigenvalue weighted by Crippen LogP contribution is -2.45. The Hall–Kier alpha value is -1.99. The number of nitrogens with zero attached hydrogens (tertiary/aromatic N) is 3. The number of ether oxygens (including phenoxy) is 1. The fraction of sp³-hybridized carbons (Fsp3) is 0.500. The highest BCUT2D eigenvalue weighted by Gasteiger charge is 2.35. The average molecular weight is 359 g/mol. The lowest BCUT2D eigenvalue weighted by atomic mass is 10.2. The molecule has 6 nitrogen and oxygen atoms in total. The van der Waals surface area contributed by atoms with Crippen molar-refractivity contribution in [3.63, 3.8) is 0 Å². The first-order valence-corrected chi connectivity index (χ1v) is 9.64. The molecular formula is C18H21N3O3S. The van der Waals surface area contributed by atoms with Crippen LogP contribution in [0.1, 0.15) is 25.7 Å². The van der Waals surface area contributed by atoms with Crippen molar-refractivity contribution in [3.05, 3.63) is 40.0 Å². The molecule has 0 saturated carbocycles. The number of likely N-dealkylation sites (tertiary alicyclic amines) is 1. The second kappa shape index (κ2) is 7.09. The van der Waals surface area contributed by atoms with Crippen LogP contribution in [-0.2, 0) is 16.1 Å². The van der Waals surface area contributed by atoms with Crippen molar-refractivity contribution in [2.24, 2.45) is 0 Å². The molecule has 2 atom stereocenters. The summed E-state index contributed by atoms with van der Waals surface area (Å²) in [5.74, 6) is 0.0717. The Morgan fingerprint density at radius 2 is 2.20 bits per heavy atom. The summed E-state index contributed by atoms with van der Waals surface area (Å²) in [6.45, 7) is 1.85. The van der Waals surface area contributed by atoms with Crippen LogP contribution in [-0.4, -0.2) is 45.9 Å². The summed E-state index contributed by atoms with van der Waals surface area (Å²) in [4.78, 5) is 27.8. The molecule has 0 aromatic carbocycles. The Bertz CT molecular complexity index is 796. The van der Waals surface area contributed by atoms with Gasteiger partial charge in [0.15, 0.2) is 0 Å². The molecular weight excluding hydrogens is 338 g/mol. The normalized spacial score (nSPS) is 23.3. The first-order valence-electron chi connectivity index (χ1n) is 8.76. The zero-order valence-corrected chi connectivity index (χ0v) is 14.8. The number of carbonyl (C=O) groups is 1. The van der Waals surface area contributed by atoms with Gasteiger partial charge in [-0.25, -0.2) is 4.68 Å². The third-order valence-electron chi connectivity index (χ3n) is 4.89. The van der Waals surface area contributed by atoms with E-state index in [1.54, 1.807) is 23.5 Å². The van der Waals surface area contributed by atoms with Crippen molar-refractivity contribution in [1.82, 2.24) is 14.7 Å². The lowest BCUT2D eigenvalue weighted by Gasteiger charge is -2.27. The van der Waals surface area contributed by atoms with E-state index in [4.69, 9.17) is 4.74 Å². The van der Waals surface area contributed by atoms with E-state index in [1.165, 1.54) is 4.68 Å². The molecule has 132 valence electrons. The van der Waals surface area contributed by atoms with E-state index in [0.717, 1.165) is 42.8 Å². The minimum Gasteiger partial charge on any atom is -0.368 e. The van der Waals surface area contributed by atoms with E-state index in [9.17, 15) is 9.59 Å². The summed E-state index contributed by atoms with van der Waals surface area (Å²) in [6.07, 6.45) is 3.30. The zero-order valence-electron chi connectivity index (χ0n) is 14.0. The van der Waals surface area contributed by atoms with E-state index in [-0.39, 0.29) is 23.6 Å². The predicted octanol–water partition coefficient (Wildman–Crippen LogP) is 2.14. The smallest absolute Gasteiger partial charge is 0.266 e. The number of carbonyl (C=O) groups excluding carboxylic acids is 1. The van der Waals surface area contributed by atoms with Gasteiger partial charge in [-0.3, -0.25) is 9.59 Å². The minimum atomic E-state index is -0.303. The number of hydrogen-bond donors (Lipinski definition) is 0. The molecule has 1 unspecified atom stereocenters. The highest BCUT2D eigenvalue weighted by atomic mass is 32.1. The third kappa shape index (κ3) is 3.39. The van der Waals surface area contributed by atoms with E-state index in [0.29, 0.717) is 13.2 Å². The molecule has 4 heterocycles. The van der Waals surface area contributed by atoms with Crippen LogP contribution in [0.3, 0.4) is 0 Å². The number of thiophene rings is 1. The third-order valence-corrected chi connectivity index (χ3v) is 5.78. The van der Waals surface area contributed by atoms with Crippen molar-refractivity contribution < 1.29 is 9.53 Å². The van der Waals surface area contributed by atoms with Crippen molar-refractivity contribution in [3.8, 4) is 10.6 Å². The zero-order chi connectivity index (χ0) is 17.2. The molecule has 2 saturated heterocycles. The van der Waals surface area contributed by atoms with Crippen LogP contribution in [0.5, 0.6) is 0 Å². The van der Waals surface area contributed by atoms with Gasteiger partial charge in [0.1, 0.15) is 11.8 Å². The summed E-state index contributed by atoms with van der Waals surface area (Å²) in [7, 11) is 0. The largest absolute Gasteiger partial charge is 0.368 e. The molecule has 7 heteroatoms. The molecule has 25 heavy (non-hydrogen) atoms. The van der Waals surface area contributed by atoms with Crippen molar-refractivity contribution in [2.75, 3.05) is 13.2 Å². The Kier molecular flexibility index (Phi) is 4.67. The summed E-state index contributed by atoms with van der Waals surface area (Å²) in [5.41, 5.74) is 0.668. The van der Waals surface area contributed by atoms with Crippen molar-refractivity contribution in [1.29, 1.82) is 0 Å². The standard InChI is InChI=1S/C18H21N3O3S/c22-17-8-7-14(16-6-3-11-25-16)19-21(17)12-13-4-1-9-20(13)18(23)15-5-2-10-24-15/h3,6-8,11,13,15H,1-2,4-5,9-10,12H2/t13-,15?/m0/s1. The summed E-state index contributed by atoms with van der Waals surface area (Å²) < 4.78 is 7.04. The molecule has 2 fully saturated rings. The van der Waals surface area contributed by atoms with Crippen LogP contribution in [0.2, 0.25) is 0 Å². The molecule has 2 aromatic rings. The Morgan fingerprint density at radius 3 is 2.96 bits per heavy atom. The molecule has 0 bridgehead atoms. The van der Waals surface area contributed by atoms with Gasteiger partial charge in [-0.05, 0) is 43.2 Å². The monoisotopic (exact) mass is 359 g/mol. The number of rotatable bonds is 4. The van der Waals surface area contributed by atoms with Crippen LogP contribution >= 0.6 is 11.3 Å². The van der Waals surface area contributed by atoms with Gasteiger partial charge in [-0.2, -0.15) is 5.10 Å². The second-order valence-electron chi connectivity index (χ2n) is 6.55. The fourth-order valence-corrected chi connectivity index (χ4v) is 4.30. The van der Waals surface area contributed by atoms with Crippen molar-refractivity contribution in [2.45, 2.75) is 44.4 Å². The highest BCUT2D eigenvalue weighted by Crippen LogP contribution is 2.24. The summed E-state index contributed by atoms with van der Waals surface area (Å²) in [5, 5.41) is 6.51. The van der Waals surface area contributed by atoms with Gasteiger partial charge in [0.05, 0.1) is 17.5 Å². The molecule has 4 rings (SSSR count). The summed E-state index contributed by atoms with van der Waals surface area (Å²) in [6, 6.07) is 7.29. The van der Waals surface area contributed by atoms with Gasteiger partial charge >= 0.3 is 0 Å². The van der Waals surface area contributed by atoms with Crippen LogP contribution in [0, 0.1) is 0 Å². The molecule has 2 aromatic heterocycles. The van der Waals surface area contributed by atoms with E-state index >= 15 is 0 Å². The maximum absolute atomic E-state index is 12.7. The van der Waals surface area contributed by atoms with Gasteiger partial charge in [-0.15, -0.1) is 11.3 Å².